The van der Waals surface area contributed by atoms with Gasteiger partial charge in [-0.15, -0.1) is 0 Å². The largest absolute Gasteiger partial charge is 0.467 e. The maximum absolute atomic E-state index is 12.3. The van der Waals surface area contributed by atoms with Crippen molar-refractivity contribution in [2.45, 2.75) is 25.6 Å². The highest BCUT2D eigenvalue weighted by molar-refractivity contribution is 5.97. The molecule has 178 valence electrons. The summed E-state index contributed by atoms with van der Waals surface area (Å²) < 4.78 is 10.4. The maximum atomic E-state index is 12.3. The van der Waals surface area contributed by atoms with Crippen molar-refractivity contribution >= 4 is 11.9 Å². The van der Waals surface area contributed by atoms with Gasteiger partial charge >= 0.3 is 5.97 Å². The summed E-state index contributed by atoms with van der Waals surface area (Å²) in [5.74, 6) is 11.6. The quantitative estimate of drug-likeness (QED) is 0.489. The summed E-state index contributed by atoms with van der Waals surface area (Å²) in [6, 6.07) is 9.18. The van der Waals surface area contributed by atoms with E-state index in [1.54, 1.807) is 24.3 Å². The number of hydrogen-bond acceptors (Lipinski definition) is 7. The lowest BCUT2D eigenvalue weighted by atomic mass is 10.1. The topological polar surface area (TPSA) is 95.3 Å². The van der Waals surface area contributed by atoms with E-state index in [1.807, 2.05) is 12.1 Å². The van der Waals surface area contributed by atoms with Crippen LogP contribution in [0.3, 0.4) is 0 Å². The van der Waals surface area contributed by atoms with Gasteiger partial charge in [-0.2, -0.15) is 0 Å². The second-order valence-electron chi connectivity index (χ2n) is 8.14. The van der Waals surface area contributed by atoms with Crippen molar-refractivity contribution in [3.05, 3.63) is 59.0 Å². The number of nitrogens with zero attached hydrogens (tertiary/aromatic N) is 2. The van der Waals surface area contributed by atoms with Crippen molar-refractivity contribution < 1.29 is 23.8 Å². The number of carbonyl (C=O) groups is 2. The number of furan rings is 1. The number of likely N-dealkylation sites (N-methyl/N-ethyl adjacent to an activating group) is 1. The highest BCUT2D eigenvalue weighted by atomic mass is 16.5. The van der Waals surface area contributed by atoms with Crippen LogP contribution in [-0.4, -0.2) is 79.3 Å². The Morgan fingerprint density at radius 3 is 2.41 bits per heavy atom. The van der Waals surface area contributed by atoms with E-state index in [4.69, 9.17) is 4.42 Å². The number of ether oxygens (including phenoxy) is 1. The average molecular weight is 464 g/mol. The summed E-state index contributed by atoms with van der Waals surface area (Å²) in [6.07, 6.45) is -1.09. The molecule has 1 aliphatic heterocycles. The van der Waals surface area contributed by atoms with Crippen LogP contribution in [0.1, 0.15) is 34.4 Å². The lowest BCUT2D eigenvalue weighted by molar-refractivity contribution is -0.145. The Balaban J connectivity index is 1.54. The fourth-order valence-corrected chi connectivity index (χ4v) is 3.39. The molecule has 34 heavy (non-hydrogen) atoms. The summed E-state index contributed by atoms with van der Waals surface area (Å²) in [4.78, 5) is 28.7. The molecule has 1 aromatic heterocycles. The average Bonchev–Trinajstić information content (AvgIpc) is 3.28. The van der Waals surface area contributed by atoms with E-state index in [2.05, 4.69) is 50.6 Å². The van der Waals surface area contributed by atoms with Gasteiger partial charge in [0.05, 0.1) is 19.8 Å². The zero-order chi connectivity index (χ0) is 24.5. The van der Waals surface area contributed by atoms with E-state index < -0.39 is 24.0 Å². The van der Waals surface area contributed by atoms with Gasteiger partial charge in [0.25, 0.3) is 5.91 Å². The lowest BCUT2D eigenvalue weighted by Gasteiger charge is -2.31. The maximum Gasteiger partial charge on any atom is 0.331 e. The van der Waals surface area contributed by atoms with Crippen LogP contribution in [0, 0.1) is 23.7 Å². The molecule has 1 aromatic carbocycles. The molecule has 1 amide bonds. The first kappa shape index (κ1) is 25.1. The van der Waals surface area contributed by atoms with E-state index >= 15 is 0 Å². The molecule has 1 fully saturated rings. The van der Waals surface area contributed by atoms with Gasteiger partial charge in [0.2, 0.25) is 0 Å². The van der Waals surface area contributed by atoms with Crippen LogP contribution in [0.15, 0.2) is 40.8 Å². The molecule has 3 rings (SSSR count). The number of aliphatic hydroxyl groups excluding tert-OH is 1. The van der Waals surface area contributed by atoms with Gasteiger partial charge < -0.3 is 24.5 Å². The number of aliphatic hydroxyl groups is 1. The van der Waals surface area contributed by atoms with E-state index in [-0.39, 0.29) is 0 Å². The number of nitrogens with one attached hydrogen (secondary N) is 1. The number of amides is 1. The molecule has 2 unspecified atom stereocenters. The summed E-state index contributed by atoms with van der Waals surface area (Å²) in [5, 5.41) is 12.1. The Bertz CT molecular complexity index is 1110. The number of piperazine rings is 1. The van der Waals surface area contributed by atoms with Gasteiger partial charge in [0.15, 0.2) is 11.8 Å². The van der Waals surface area contributed by atoms with Crippen molar-refractivity contribution in [3.63, 3.8) is 0 Å². The zero-order valence-corrected chi connectivity index (χ0v) is 19.6. The second kappa shape index (κ2) is 12.1. The number of esters is 1. The Labute approximate surface area is 199 Å². The van der Waals surface area contributed by atoms with Crippen molar-refractivity contribution in [2.75, 3.05) is 40.3 Å². The molecule has 0 aliphatic carbocycles. The fourth-order valence-electron chi connectivity index (χ4n) is 3.39. The van der Waals surface area contributed by atoms with E-state index in [0.29, 0.717) is 16.9 Å². The second-order valence-corrected chi connectivity index (χ2v) is 8.14. The van der Waals surface area contributed by atoms with Crippen LogP contribution in [0.5, 0.6) is 0 Å². The number of hydrogen-bond donors (Lipinski definition) is 2. The molecule has 2 aromatic rings. The van der Waals surface area contributed by atoms with Crippen LogP contribution in [0.4, 0.5) is 0 Å². The molecule has 2 heterocycles. The summed E-state index contributed by atoms with van der Waals surface area (Å²) in [6.45, 7) is 6.35. The smallest absolute Gasteiger partial charge is 0.331 e. The van der Waals surface area contributed by atoms with Crippen molar-refractivity contribution in [1.29, 1.82) is 0 Å². The molecule has 2 atom stereocenters. The van der Waals surface area contributed by atoms with Crippen LogP contribution in [0.2, 0.25) is 0 Å². The minimum Gasteiger partial charge on any atom is -0.467 e. The van der Waals surface area contributed by atoms with Crippen LogP contribution >= 0.6 is 0 Å². The molecule has 1 aliphatic rings. The van der Waals surface area contributed by atoms with Gasteiger partial charge in [0.1, 0.15) is 5.76 Å². The molecule has 0 bridgehead atoms. The summed E-state index contributed by atoms with van der Waals surface area (Å²) in [7, 11) is 3.32. The van der Waals surface area contributed by atoms with E-state index in [9.17, 15) is 14.7 Å². The fraction of sp³-hybridized carbons (Fsp3) is 0.385. The zero-order valence-electron chi connectivity index (χ0n) is 19.6. The third-order valence-electron chi connectivity index (χ3n) is 5.46. The third kappa shape index (κ3) is 7.23. The summed E-state index contributed by atoms with van der Waals surface area (Å²) in [5.41, 5.74) is 1.01. The third-order valence-corrected chi connectivity index (χ3v) is 5.46. The van der Waals surface area contributed by atoms with Gasteiger partial charge in [-0.05, 0) is 68.1 Å². The minimum absolute atomic E-state index is 0.328. The predicted molar refractivity (Wildman–Crippen MR) is 127 cm³/mol. The van der Waals surface area contributed by atoms with Gasteiger partial charge in [-0.1, -0.05) is 5.92 Å². The molecular weight excluding hydrogens is 434 g/mol. The van der Waals surface area contributed by atoms with Crippen molar-refractivity contribution in [1.82, 2.24) is 15.1 Å². The first-order valence-electron chi connectivity index (χ1n) is 11.0. The minimum atomic E-state index is -1.14. The number of benzene rings is 1. The number of rotatable bonds is 6. The van der Waals surface area contributed by atoms with Crippen LogP contribution in [0.25, 0.3) is 0 Å². The van der Waals surface area contributed by atoms with Crippen molar-refractivity contribution in [3.8, 4) is 23.7 Å². The summed E-state index contributed by atoms with van der Waals surface area (Å²) >= 11 is 0. The number of carbonyl (C=O) groups excluding carboxylic acids is 2. The molecule has 0 saturated carbocycles. The normalized spacial score (nSPS) is 15.8. The van der Waals surface area contributed by atoms with Crippen molar-refractivity contribution in [2.24, 2.45) is 0 Å². The molecule has 0 spiro atoms. The Morgan fingerprint density at radius 1 is 1.09 bits per heavy atom. The SMILES string of the molecule is COC(=O)C(NC(=O)c1ccc(C#CC#Cc2ccc(CN3CCN(C)CC3)o2)cc1)C(C)O. The molecule has 2 N–H and O–H groups in total. The number of methoxy groups -OCH3 is 1. The highest BCUT2D eigenvalue weighted by Crippen LogP contribution is 2.11. The molecular formula is C26H29N3O5. The van der Waals surface area contributed by atoms with E-state index in [1.165, 1.54) is 14.0 Å². The standard InChI is InChI=1S/C26H29N3O5/c1-19(30)24(26(32)33-3)27-25(31)21-10-8-20(9-11-21)6-4-5-7-22-12-13-23(34-22)18-29-16-14-28(2)15-17-29/h8-13,19,24,30H,14-18H2,1-3H3,(H,27,31). The van der Waals surface area contributed by atoms with Gasteiger partial charge in [-0.3, -0.25) is 9.69 Å². The Morgan fingerprint density at radius 2 is 1.76 bits per heavy atom. The first-order valence-corrected chi connectivity index (χ1v) is 11.0. The molecule has 8 nitrogen and oxygen atoms in total. The van der Waals surface area contributed by atoms with Gasteiger partial charge in [-0.25, -0.2) is 4.79 Å². The van der Waals surface area contributed by atoms with Crippen LogP contribution in [-0.2, 0) is 16.1 Å². The molecule has 0 radical (unpaired) electrons. The highest BCUT2D eigenvalue weighted by Gasteiger charge is 2.26. The predicted octanol–water partition coefficient (Wildman–Crippen LogP) is 1.08. The van der Waals surface area contributed by atoms with E-state index in [0.717, 1.165) is 38.5 Å². The van der Waals surface area contributed by atoms with Crippen LogP contribution < -0.4 is 5.32 Å². The Hall–Kier alpha value is -3.56. The first-order chi connectivity index (χ1) is 16.4. The Kier molecular flexibility index (Phi) is 8.89. The molecule has 8 heteroatoms. The lowest BCUT2D eigenvalue weighted by Crippen LogP contribution is -2.48. The monoisotopic (exact) mass is 463 g/mol. The van der Waals surface area contributed by atoms with Gasteiger partial charge in [0, 0.05) is 37.3 Å². The molecule has 1 saturated heterocycles.